The number of amides is 1. The molecular formula is C16H20FNO2. The summed E-state index contributed by atoms with van der Waals surface area (Å²) in [6.45, 7) is 3.69. The number of halogens is 1. The number of aliphatic hydroxyl groups excluding tert-OH is 1. The van der Waals surface area contributed by atoms with Gasteiger partial charge in [0.1, 0.15) is 5.82 Å². The van der Waals surface area contributed by atoms with Crippen molar-refractivity contribution in [3.8, 4) is 0 Å². The van der Waals surface area contributed by atoms with E-state index < -0.39 is 12.1 Å². The monoisotopic (exact) mass is 277 g/mol. The highest BCUT2D eigenvalue weighted by Crippen LogP contribution is 2.35. The van der Waals surface area contributed by atoms with Gasteiger partial charge in [0.2, 0.25) is 5.91 Å². The Morgan fingerprint density at radius 1 is 1.40 bits per heavy atom. The van der Waals surface area contributed by atoms with Gasteiger partial charge in [-0.25, -0.2) is 4.39 Å². The van der Waals surface area contributed by atoms with Gasteiger partial charge in [-0.15, -0.1) is 0 Å². The van der Waals surface area contributed by atoms with Gasteiger partial charge in [-0.3, -0.25) is 4.79 Å². The van der Waals surface area contributed by atoms with Gasteiger partial charge in [0.05, 0.1) is 12.1 Å². The molecule has 1 saturated carbocycles. The van der Waals surface area contributed by atoms with Crippen LogP contribution in [0.4, 0.5) is 4.39 Å². The van der Waals surface area contributed by atoms with Crippen molar-refractivity contribution in [2.45, 2.75) is 38.8 Å². The second-order valence-corrected chi connectivity index (χ2v) is 5.46. The number of aliphatic hydroxyl groups is 1. The van der Waals surface area contributed by atoms with Gasteiger partial charge in [-0.1, -0.05) is 17.7 Å². The number of carbonyl (C=O) groups is 1. The Hall–Kier alpha value is -1.68. The maximum absolute atomic E-state index is 12.8. The largest absolute Gasteiger partial charge is 0.386 e. The van der Waals surface area contributed by atoms with Crippen LogP contribution in [0.3, 0.4) is 0 Å². The van der Waals surface area contributed by atoms with Gasteiger partial charge in [-0.2, -0.15) is 0 Å². The van der Waals surface area contributed by atoms with Crippen LogP contribution in [-0.4, -0.2) is 17.1 Å². The van der Waals surface area contributed by atoms with Gasteiger partial charge in [0.15, 0.2) is 0 Å². The van der Waals surface area contributed by atoms with E-state index in [-0.39, 0.29) is 11.7 Å². The van der Waals surface area contributed by atoms with Gasteiger partial charge >= 0.3 is 0 Å². The molecule has 3 nitrogen and oxygen atoms in total. The van der Waals surface area contributed by atoms with Crippen LogP contribution < -0.4 is 5.32 Å². The van der Waals surface area contributed by atoms with E-state index in [1.54, 1.807) is 13.0 Å². The lowest BCUT2D eigenvalue weighted by atomic mass is 10.0. The maximum Gasteiger partial charge on any atom is 0.244 e. The van der Waals surface area contributed by atoms with E-state index in [2.05, 4.69) is 5.32 Å². The molecule has 1 aromatic carbocycles. The fourth-order valence-electron chi connectivity index (χ4n) is 2.16. The predicted molar refractivity (Wildman–Crippen MR) is 75.4 cm³/mol. The molecule has 2 N–H and O–H groups in total. The molecule has 1 amide bonds. The summed E-state index contributed by atoms with van der Waals surface area (Å²) in [6, 6.07) is 5.20. The van der Waals surface area contributed by atoms with Crippen molar-refractivity contribution in [3.05, 3.63) is 47.3 Å². The summed E-state index contributed by atoms with van der Waals surface area (Å²) in [5.74, 6) is 0.0155. The molecular weight excluding hydrogens is 257 g/mol. The van der Waals surface area contributed by atoms with Crippen LogP contribution >= 0.6 is 0 Å². The van der Waals surface area contributed by atoms with Crippen LogP contribution in [0.15, 0.2) is 35.9 Å². The topological polar surface area (TPSA) is 49.3 Å². The normalized spacial score (nSPS) is 18.5. The Labute approximate surface area is 118 Å². The Morgan fingerprint density at radius 2 is 2.00 bits per heavy atom. The zero-order valence-electron chi connectivity index (χ0n) is 11.8. The quantitative estimate of drug-likeness (QED) is 0.813. The van der Waals surface area contributed by atoms with Crippen LogP contribution in [0.5, 0.6) is 0 Å². The van der Waals surface area contributed by atoms with Gasteiger partial charge in [0.25, 0.3) is 0 Å². The van der Waals surface area contributed by atoms with Crippen molar-refractivity contribution in [2.24, 2.45) is 5.92 Å². The van der Waals surface area contributed by atoms with Crippen LogP contribution in [0, 0.1) is 11.7 Å². The van der Waals surface area contributed by atoms with E-state index in [1.165, 1.54) is 24.3 Å². The van der Waals surface area contributed by atoms with Crippen LogP contribution in [-0.2, 0) is 4.79 Å². The van der Waals surface area contributed by atoms with E-state index in [0.29, 0.717) is 11.5 Å². The van der Waals surface area contributed by atoms with Gasteiger partial charge in [0, 0.05) is 6.08 Å². The first-order chi connectivity index (χ1) is 9.47. The molecule has 1 fully saturated rings. The molecule has 0 aliphatic heterocycles. The van der Waals surface area contributed by atoms with E-state index in [9.17, 15) is 14.3 Å². The molecule has 1 aromatic rings. The highest BCUT2D eigenvalue weighted by atomic mass is 19.1. The number of hydrogen-bond donors (Lipinski definition) is 2. The maximum atomic E-state index is 12.8. The molecule has 0 aromatic heterocycles. The first-order valence-electron chi connectivity index (χ1n) is 6.89. The molecule has 20 heavy (non-hydrogen) atoms. The van der Waals surface area contributed by atoms with E-state index in [0.717, 1.165) is 18.4 Å². The van der Waals surface area contributed by atoms with E-state index in [4.69, 9.17) is 0 Å². The molecule has 2 unspecified atom stereocenters. The lowest BCUT2D eigenvalue weighted by Crippen LogP contribution is -2.36. The number of rotatable bonds is 5. The molecule has 0 bridgehead atoms. The average Bonchev–Trinajstić information content (AvgIpc) is 3.22. The third kappa shape index (κ3) is 3.90. The summed E-state index contributed by atoms with van der Waals surface area (Å²) < 4.78 is 12.8. The summed E-state index contributed by atoms with van der Waals surface area (Å²) in [7, 11) is 0. The zero-order valence-corrected chi connectivity index (χ0v) is 11.8. The minimum Gasteiger partial charge on any atom is -0.386 e. The fraction of sp³-hybridized carbons (Fsp3) is 0.438. The van der Waals surface area contributed by atoms with Gasteiger partial charge < -0.3 is 10.4 Å². The molecule has 0 radical (unpaired) electrons. The van der Waals surface area contributed by atoms with Crippen molar-refractivity contribution in [2.75, 3.05) is 0 Å². The molecule has 0 saturated heterocycles. The third-order valence-corrected chi connectivity index (χ3v) is 3.64. The highest BCUT2D eigenvalue weighted by molar-refractivity contribution is 5.88. The van der Waals surface area contributed by atoms with Crippen molar-refractivity contribution >= 4 is 5.91 Å². The summed E-state index contributed by atoms with van der Waals surface area (Å²) in [5.41, 5.74) is 1.67. The van der Waals surface area contributed by atoms with E-state index in [1.807, 2.05) is 6.92 Å². The number of hydrogen-bond acceptors (Lipinski definition) is 2. The number of nitrogens with one attached hydrogen (secondary N) is 1. The van der Waals surface area contributed by atoms with Crippen LogP contribution in [0.25, 0.3) is 0 Å². The third-order valence-electron chi connectivity index (χ3n) is 3.64. The molecule has 108 valence electrons. The molecule has 2 rings (SSSR count). The molecule has 1 aliphatic rings. The zero-order chi connectivity index (χ0) is 14.7. The Bertz CT molecular complexity index is 506. The Morgan fingerprint density at radius 3 is 2.55 bits per heavy atom. The van der Waals surface area contributed by atoms with Crippen molar-refractivity contribution < 1.29 is 14.3 Å². The summed E-state index contributed by atoms with van der Waals surface area (Å²) >= 11 is 0. The van der Waals surface area contributed by atoms with E-state index >= 15 is 0 Å². The number of carbonyl (C=O) groups excluding carboxylic acids is 1. The number of benzene rings is 1. The summed E-state index contributed by atoms with van der Waals surface area (Å²) in [4.78, 5) is 11.8. The lowest BCUT2D eigenvalue weighted by Gasteiger charge is -2.20. The highest BCUT2D eigenvalue weighted by Gasteiger charge is 2.24. The molecule has 4 heteroatoms. The number of allylic oxidation sites excluding steroid dienone is 1. The van der Waals surface area contributed by atoms with Crippen LogP contribution in [0.1, 0.15) is 38.4 Å². The minimum absolute atomic E-state index is 0.192. The lowest BCUT2D eigenvalue weighted by molar-refractivity contribution is -0.117. The molecule has 1 aliphatic carbocycles. The standard InChI is InChI=1S/C16H20FNO2/c1-10(12-3-4-12)9-15(19)18-11(2)16(20)13-5-7-14(17)8-6-13/h5-9,11-12,16,20H,3-4H2,1-2H3,(H,18,19)/b10-9-. The smallest absolute Gasteiger partial charge is 0.244 e. The first-order valence-corrected chi connectivity index (χ1v) is 6.89. The Kier molecular flexibility index (Phi) is 4.55. The summed E-state index contributed by atoms with van der Waals surface area (Å²) in [5, 5.41) is 12.9. The van der Waals surface area contributed by atoms with Crippen molar-refractivity contribution in [3.63, 3.8) is 0 Å². The van der Waals surface area contributed by atoms with Crippen molar-refractivity contribution in [1.82, 2.24) is 5.32 Å². The average molecular weight is 277 g/mol. The van der Waals surface area contributed by atoms with Crippen molar-refractivity contribution in [1.29, 1.82) is 0 Å². The van der Waals surface area contributed by atoms with Gasteiger partial charge in [-0.05, 0) is 50.3 Å². The molecule has 0 heterocycles. The minimum atomic E-state index is -0.853. The SMILES string of the molecule is C/C(=C/C(=O)NC(C)C(O)c1ccc(F)cc1)C1CC1. The summed E-state index contributed by atoms with van der Waals surface area (Å²) in [6.07, 6.45) is 3.06. The molecule has 0 spiro atoms. The van der Waals surface area contributed by atoms with Crippen LogP contribution in [0.2, 0.25) is 0 Å². The fourth-order valence-corrected chi connectivity index (χ4v) is 2.16. The second-order valence-electron chi connectivity index (χ2n) is 5.46. The first kappa shape index (κ1) is 14.7. The predicted octanol–water partition coefficient (Wildman–Crippen LogP) is 2.72. The Balaban J connectivity index is 1.93. The second kappa shape index (κ2) is 6.18. The molecule has 2 atom stereocenters.